The topological polar surface area (TPSA) is 65.0 Å². The summed E-state index contributed by atoms with van der Waals surface area (Å²) in [5.41, 5.74) is 2.91. The summed E-state index contributed by atoms with van der Waals surface area (Å²) < 4.78 is 16.5. The van der Waals surface area contributed by atoms with E-state index >= 15 is 0 Å². The summed E-state index contributed by atoms with van der Waals surface area (Å²) in [6.07, 6.45) is 0.685. The molecule has 0 atom stereocenters. The fourth-order valence-corrected chi connectivity index (χ4v) is 3.33. The molecule has 176 valence electrons. The Morgan fingerprint density at radius 3 is 1.88 bits per heavy atom. The van der Waals surface area contributed by atoms with Crippen molar-refractivity contribution in [2.45, 2.75) is 26.1 Å². The molecule has 0 saturated heterocycles. The van der Waals surface area contributed by atoms with Gasteiger partial charge in [0.05, 0.1) is 6.61 Å². The zero-order chi connectivity index (χ0) is 24.1. The summed E-state index contributed by atoms with van der Waals surface area (Å²) in [6.45, 7) is 4.02. The molecule has 0 aromatic heterocycles. The van der Waals surface area contributed by atoms with Crippen LogP contribution < -0.4 is 4.74 Å². The van der Waals surface area contributed by atoms with Gasteiger partial charge >= 0.3 is 0 Å². The van der Waals surface area contributed by atoms with Gasteiger partial charge in [0.1, 0.15) is 12.4 Å². The van der Waals surface area contributed by atoms with Crippen LogP contribution in [0.15, 0.2) is 84.9 Å². The molecular formula is C28H34O5. The van der Waals surface area contributed by atoms with Crippen molar-refractivity contribution in [3.63, 3.8) is 0 Å². The summed E-state index contributed by atoms with van der Waals surface area (Å²) in [7, 11) is 3.36. The smallest absolute Gasteiger partial charge is 0.198 e. The van der Waals surface area contributed by atoms with Crippen molar-refractivity contribution in [3.8, 4) is 5.75 Å². The van der Waals surface area contributed by atoms with Crippen LogP contribution >= 0.6 is 0 Å². The molecule has 3 aromatic rings. The number of aliphatic hydroxyl groups is 1. The number of carbonyl (C=O) groups excluding carboxylic acids is 1. The van der Waals surface area contributed by atoms with Crippen LogP contribution in [0.4, 0.5) is 0 Å². The Labute approximate surface area is 196 Å². The summed E-state index contributed by atoms with van der Waals surface area (Å²) in [6, 6.07) is 27.2. The minimum absolute atomic E-state index is 0.00727. The van der Waals surface area contributed by atoms with Gasteiger partial charge in [0.2, 0.25) is 0 Å². The third kappa shape index (κ3) is 7.82. The molecule has 5 nitrogen and oxygen atoms in total. The van der Waals surface area contributed by atoms with Gasteiger partial charge < -0.3 is 19.3 Å². The zero-order valence-corrected chi connectivity index (χ0v) is 19.9. The Hall–Kier alpha value is -2.99. The Bertz CT molecular complexity index is 933. The number of ketones is 1. The van der Waals surface area contributed by atoms with Gasteiger partial charge in [0.25, 0.3) is 0 Å². The van der Waals surface area contributed by atoms with E-state index in [-0.39, 0.29) is 24.9 Å². The van der Waals surface area contributed by atoms with Gasteiger partial charge in [-0.25, -0.2) is 0 Å². The third-order valence-corrected chi connectivity index (χ3v) is 5.18. The zero-order valence-electron chi connectivity index (χ0n) is 19.9. The van der Waals surface area contributed by atoms with Crippen molar-refractivity contribution < 1.29 is 24.1 Å². The average molecular weight is 451 g/mol. The standard InChI is InChI=1S/C16H18O2.C12H16O3/c1-17-16(18-2,15-11-7-4-8-12-15)13-14-9-5-3-6-10-14;1-9(2)12(14)10-3-5-11(6-4-10)15-8-7-13/h3-12H,13H2,1-2H3;3-6,9,13H,7-8H2,1-2H3. The monoisotopic (exact) mass is 450 g/mol. The molecule has 0 aliphatic rings. The molecule has 0 aliphatic carbocycles. The molecule has 0 bridgehead atoms. The normalized spacial score (nSPS) is 11.0. The number of ether oxygens (including phenoxy) is 3. The maximum atomic E-state index is 11.6. The quantitative estimate of drug-likeness (QED) is 0.337. The van der Waals surface area contributed by atoms with E-state index in [1.54, 1.807) is 38.5 Å². The van der Waals surface area contributed by atoms with Crippen LogP contribution in [0.5, 0.6) is 5.75 Å². The molecule has 0 heterocycles. The second-order valence-corrected chi connectivity index (χ2v) is 7.80. The number of hydrogen-bond acceptors (Lipinski definition) is 5. The predicted molar refractivity (Wildman–Crippen MR) is 130 cm³/mol. The van der Waals surface area contributed by atoms with Gasteiger partial charge in [-0.1, -0.05) is 74.5 Å². The van der Waals surface area contributed by atoms with E-state index in [0.717, 1.165) is 5.56 Å². The van der Waals surface area contributed by atoms with Gasteiger partial charge in [0, 0.05) is 37.7 Å². The lowest BCUT2D eigenvalue weighted by Crippen LogP contribution is -2.33. The highest BCUT2D eigenvalue weighted by atomic mass is 16.7. The largest absolute Gasteiger partial charge is 0.491 e. The molecule has 5 heteroatoms. The highest BCUT2D eigenvalue weighted by Gasteiger charge is 2.32. The first kappa shape index (κ1) is 26.3. The summed E-state index contributed by atoms with van der Waals surface area (Å²) in [5, 5.41) is 8.56. The van der Waals surface area contributed by atoms with Gasteiger partial charge in [0.15, 0.2) is 11.6 Å². The Balaban J connectivity index is 0.000000238. The fourth-order valence-electron chi connectivity index (χ4n) is 3.33. The second-order valence-electron chi connectivity index (χ2n) is 7.80. The highest BCUT2D eigenvalue weighted by Crippen LogP contribution is 2.30. The fraction of sp³-hybridized carbons (Fsp3) is 0.321. The molecule has 0 unspecified atom stereocenters. The Kier molecular flexibility index (Phi) is 10.8. The molecule has 0 aliphatic heterocycles. The average Bonchev–Trinajstić information content (AvgIpc) is 2.87. The van der Waals surface area contributed by atoms with Crippen molar-refractivity contribution in [3.05, 3.63) is 102 Å². The van der Waals surface area contributed by atoms with Crippen molar-refractivity contribution >= 4 is 5.78 Å². The van der Waals surface area contributed by atoms with Crippen LogP contribution in [0.3, 0.4) is 0 Å². The highest BCUT2D eigenvalue weighted by molar-refractivity contribution is 5.97. The Morgan fingerprint density at radius 1 is 0.848 bits per heavy atom. The third-order valence-electron chi connectivity index (χ3n) is 5.18. The van der Waals surface area contributed by atoms with E-state index in [1.165, 1.54) is 5.56 Å². The maximum Gasteiger partial charge on any atom is 0.198 e. The lowest BCUT2D eigenvalue weighted by molar-refractivity contribution is -0.215. The van der Waals surface area contributed by atoms with E-state index in [4.69, 9.17) is 19.3 Å². The number of methoxy groups -OCH3 is 2. The Morgan fingerprint density at radius 2 is 1.39 bits per heavy atom. The first-order chi connectivity index (χ1) is 16.0. The molecule has 1 N–H and O–H groups in total. The van der Waals surface area contributed by atoms with Crippen molar-refractivity contribution in [1.82, 2.24) is 0 Å². The lowest BCUT2D eigenvalue weighted by Gasteiger charge is -2.31. The van der Waals surface area contributed by atoms with Crippen LogP contribution in [-0.4, -0.2) is 38.3 Å². The summed E-state index contributed by atoms with van der Waals surface area (Å²) in [5.74, 6) is 0.0880. The van der Waals surface area contributed by atoms with Crippen LogP contribution in [0, 0.1) is 5.92 Å². The minimum Gasteiger partial charge on any atom is -0.491 e. The number of hydrogen-bond donors (Lipinski definition) is 1. The number of Topliss-reactive ketones (excluding diaryl/α,β-unsaturated/α-hetero) is 1. The summed E-state index contributed by atoms with van der Waals surface area (Å²) >= 11 is 0. The minimum atomic E-state index is -0.720. The van der Waals surface area contributed by atoms with Crippen LogP contribution in [0.25, 0.3) is 0 Å². The maximum absolute atomic E-state index is 11.6. The molecule has 0 fully saturated rings. The van der Waals surface area contributed by atoms with Crippen LogP contribution in [0.2, 0.25) is 0 Å². The van der Waals surface area contributed by atoms with Crippen molar-refractivity contribution in [2.75, 3.05) is 27.4 Å². The van der Waals surface area contributed by atoms with Crippen LogP contribution in [-0.2, 0) is 21.7 Å². The second kappa shape index (κ2) is 13.5. The predicted octanol–water partition coefficient (Wildman–Crippen LogP) is 5.27. The first-order valence-corrected chi connectivity index (χ1v) is 11.0. The molecule has 0 spiro atoms. The van der Waals surface area contributed by atoms with E-state index in [0.29, 0.717) is 17.7 Å². The number of benzene rings is 3. The van der Waals surface area contributed by atoms with Crippen molar-refractivity contribution in [1.29, 1.82) is 0 Å². The van der Waals surface area contributed by atoms with Gasteiger partial charge in [-0.3, -0.25) is 4.79 Å². The van der Waals surface area contributed by atoms with E-state index in [9.17, 15) is 4.79 Å². The van der Waals surface area contributed by atoms with Crippen LogP contribution in [0.1, 0.15) is 35.3 Å². The molecule has 0 radical (unpaired) electrons. The number of carbonyl (C=O) groups is 1. The SMILES string of the molecule is CC(C)C(=O)c1ccc(OCCO)cc1.COC(Cc1ccccc1)(OC)c1ccccc1. The first-order valence-electron chi connectivity index (χ1n) is 11.0. The molecule has 3 rings (SSSR count). The van der Waals surface area contributed by atoms with Gasteiger partial charge in [-0.15, -0.1) is 0 Å². The number of rotatable bonds is 10. The molecule has 3 aromatic carbocycles. The molecule has 0 amide bonds. The van der Waals surface area contributed by atoms with E-state index in [2.05, 4.69) is 12.1 Å². The lowest BCUT2D eigenvalue weighted by atomic mass is 9.97. The molecule has 33 heavy (non-hydrogen) atoms. The molecule has 0 saturated carbocycles. The number of aliphatic hydroxyl groups excluding tert-OH is 1. The van der Waals surface area contributed by atoms with E-state index in [1.807, 2.05) is 62.4 Å². The summed E-state index contributed by atoms with van der Waals surface area (Å²) in [4.78, 5) is 11.6. The molecular weight excluding hydrogens is 416 g/mol. The van der Waals surface area contributed by atoms with Crippen molar-refractivity contribution in [2.24, 2.45) is 5.92 Å². The van der Waals surface area contributed by atoms with Gasteiger partial charge in [-0.05, 0) is 29.8 Å². The van der Waals surface area contributed by atoms with E-state index < -0.39 is 5.79 Å². The van der Waals surface area contributed by atoms with Gasteiger partial charge in [-0.2, -0.15) is 0 Å².